The molecule has 0 unspecified atom stereocenters. The molecule has 3 aromatic heterocycles. The summed E-state index contributed by atoms with van der Waals surface area (Å²) in [4.78, 5) is 33.3. The van der Waals surface area contributed by atoms with Gasteiger partial charge in [0.05, 0.1) is 0 Å². The van der Waals surface area contributed by atoms with E-state index >= 15 is 0 Å². The van der Waals surface area contributed by atoms with Gasteiger partial charge in [-0.1, -0.05) is 18.3 Å². The first-order valence-corrected chi connectivity index (χ1v) is 12.4. The second-order valence-corrected chi connectivity index (χ2v) is 9.85. The van der Waals surface area contributed by atoms with Crippen LogP contribution in [0.1, 0.15) is 49.3 Å². The number of nitrogens with zero attached hydrogens (tertiary/aromatic N) is 8. The van der Waals surface area contributed by atoms with Crippen LogP contribution in [0, 0.1) is 0 Å². The number of carbonyl (C=O) groups is 1. The Kier molecular flexibility index (Phi) is 6.20. The Morgan fingerprint density at radius 1 is 1.17 bits per heavy atom. The van der Waals surface area contributed by atoms with Crippen molar-refractivity contribution in [3.63, 3.8) is 0 Å². The highest BCUT2D eigenvalue weighted by molar-refractivity contribution is 7.16. The molecular formula is C22H25F3N8OS. The van der Waals surface area contributed by atoms with E-state index in [4.69, 9.17) is 0 Å². The maximum Gasteiger partial charge on any atom is 0.443 e. The number of aryl methyl sites for hydroxylation is 1. The summed E-state index contributed by atoms with van der Waals surface area (Å²) in [5.74, 6) is 1.64. The molecular weight excluding hydrogens is 481 g/mol. The van der Waals surface area contributed by atoms with Crippen molar-refractivity contribution in [1.29, 1.82) is 0 Å². The predicted octanol–water partition coefficient (Wildman–Crippen LogP) is 3.39. The number of amides is 1. The van der Waals surface area contributed by atoms with Crippen molar-refractivity contribution < 1.29 is 18.0 Å². The highest BCUT2D eigenvalue weighted by Crippen LogP contribution is 2.43. The van der Waals surface area contributed by atoms with Gasteiger partial charge in [-0.3, -0.25) is 4.79 Å². The lowest BCUT2D eigenvalue weighted by atomic mass is 10.1. The van der Waals surface area contributed by atoms with Gasteiger partial charge in [-0.15, -0.1) is 0 Å². The Balaban J connectivity index is 1.35. The van der Waals surface area contributed by atoms with E-state index in [0.717, 1.165) is 18.7 Å². The lowest BCUT2D eigenvalue weighted by molar-refractivity contribution is -0.137. The van der Waals surface area contributed by atoms with Crippen molar-refractivity contribution in [3.05, 3.63) is 35.4 Å². The molecule has 186 valence electrons. The SMILES string of the molecule is CCc1ncn(CC(=O)N2CCN(c3sc(C(F)(F)F)nc3-c3cnc(C4CC4)nc3)C[C@H]2C)n1. The van der Waals surface area contributed by atoms with Crippen LogP contribution >= 0.6 is 11.3 Å². The molecule has 1 aliphatic heterocycles. The Morgan fingerprint density at radius 2 is 1.91 bits per heavy atom. The van der Waals surface area contributed by atoms with Gasteiger partial charge >= 0.3 is 6.18 Å². The van der Waals surface area contributed by atoms with Crippen molar-refractivity contribution in [2.45, 2.75) is 57.8 Å². The van der Waals surface area contributed by atoms with Crippen molar-refractivity contribution in [3.8, 4) is 11.3 Å². The molecule has 35 heavy (non-hydrogen) atoms. The monoisotopic (exact) mass is 506 g/mol. The summed E-state index contributed by atoms with van der Waals surface area (Å²) in [6.07, 6.45) is 2.87. The van der Waals surface area contributed by atoms with E-state index in [1.807, 2.05) is 18.7 Å². The van der Waals surface area contributed by atoms with E-state index in [1.165, 1.54) is 11.0 Å². The van der Waals surface area contributed by atoms with Crippen LogP contribution in [0.4, 0.5) is 18.2 Å². The van der Waals surface area contributed by atoms with Gasteiger partial charge in [-0.25, -0.2) is 24.6 Å². The molecule has 3 aromatic rings. The van der Waals surface area contributed by atoms with Crippen LogP contribution in [0.5, 0.6) is 0 Å². The average Bonchev–Trinajstić information content (AvgIpc) is 3.40. The van der Waals surface area contributed by atoms with E-state index in [-0.39, 0.29) is 24.2 Å². The fraction of sp³-hybridized carbons (Fsp3) is 0.545. The first-order valence-electron chi connectivity index (χ1n) is 11.6. The van der Waals surface area contributed by atoms with Gasteiger partial charge in [0.25, 0.3) is 0 Å². The highest BCUT2D eigenvalue weighted by atomic mass is 32.1. The number of halogens is 3. The van der Waals surface area contributed by atoms with Crippen LogP contribution in [0.3, 0.4) is 0 Å². The van der Waals surface area contributed by atoms with Crippen LogP contribution in [-0.2, 0) is 23.9 Å². The molecule has 0 spiro atoms. The molecule has 0 radical (unpaired) electrons. The molecule has 1 aliphatic carbocycles. The fourth-order valence-corrected chi connectivity index (χ4v) is 5.15. The second kappa shape index (κ2) is 9.17. The minimum absolute atomic E-state index is 0.0754. The molecule has 4 heterocycles. The molecule has 0 aromatic carbocycles. The molecule has 2 aliphatic rings. The van der Waals surface area contributed by atoms with Crippen molar-refractivity contribution in [1.82, 2.24) is 34.6 Å². The third-order valence-corrected chi connectivity index (χ3v) is 7.33. The number of anilines is 1. The van der Waals surface area contributed by atoms with Crippen LogP contribution in [0.2, 0.25) is 0 Å². The number of thiazole rings is 1. The standard InChI is InChI=1S/C22H25F3N8OS/c1-3-16-28-12-32(30-16)11-17(34)33-7-6-31(10-13(33)2)20-18(29-21(35-20)22(23,24)25)15-8-26-19(27-9-15)14-4-5-14/h8-9,12-14H,3-7,10-11H2,1-2H3/t13-/m1/s1. The van der Waals surface area contributed by atoms with Crippen LogP contribution in [0.25, 0.3) is 11.3 Å². The van der Waals surface area contributed by atoms with E-state index < -0.39 is 11.2 Å². The van der Waals surface area contributed by atoms with Gasteiger partial charge < -0.3 is 9.80 Å². The van der Waals surface area contributed by atoms with Gasteiger partial charge in [0, 0.05) is 56.0 Å². The first-order chi connectivity index (χ1) is 16.7. The van der Waals surface area contributed by atoms with Gasteiger partial charge in [0.15, 0.2) is 0 Å². The molecule has 13 heteroatoms. The Morgan fingerprint density at radius 3 is 2.51 bits per heavy atom. The molecule has 5 rings (SSSR count). The van der Waals surface area contributed by atoms with Gasteiger partial charge in [0.2, 0.25) is 10.9 Å². The summed E-state index contributed by atoms with van der Waals surface area (Å²) in [5, 5.41) is 3.78. The summed E-state index contributed by atoms with van der Waals surface area (Å²) >= 11 is 0.619. The number of piperazine rings is 1. The second-order valence-electron chi connectivity index (χ2n) is 8.87. The van der Waals surface area contributed by atoms with Gasteiger partial charge in [-0.2, -0.15) is 18.3 Å². The fourth-order valence-electron chi connectivity index (χ4n) is 4.16. The van der Waals surface area contributed by atoms with Crippen LogP contribution in [-0.4, -0.2) is 66.2 Å². The highest BCUT2D eigenvalue weighted by Gasteiger charge is 2.38. The Labute approximate surface area is 204 Å². The molecule has 1 saturated carbocycles. The molecule has 2 fully saturated rings. The molecule has 1 saturated heterocycles. The van der Waals surface area contributed by atoms with Gasteiger partial charge in [-0.05, 0) is 19.8 Å². The number of hydrogen-bond donors (Lipinski definition) is 0. The number of carbonyl (C=O) groups excluding carboxylic acids is 1. The first kappa shape index (κ1) is 23.6. The third kappa shape index (κ3) is 5.00. The summed E-state index contributed by atoms with van der Waals surface area (Å²) < 4.78 is 42.2. The minimum atomic E-state index is -4.55. The predicted molar refractivity (Wildman–Crippen MR) is 123 cm³/mol. The van der Waals surface area contributed by atoms with Crippen molar-refractivity contribution >= 4 is 22.2 Å². The van der Waals surface area contributed by atoms with E-state index in [2.05, 4.69) is 25.0 Å². The van der Waals surface area contributed by atoms with E-state index in [9.17, 15) is 18.0 Å². The molecule has 1 atom stereocenters. The molecule has 0 bridgehead atoms. The topological polar surface area (TPSA) is 92.9 Å². The van der Waals surface area contributed by atoms with Crippen molar-refractivity contribution in [2.75, 3.05) is 24.5 Å². The summed E-state index contributed by atoms with van der Waals surface area (Å²) in [7, 11) is 0. The Hall–Kier alpha value is -3.09. The molecule has 9 nitrogen and oxygen atoms in total. The zero-order valence-electron chi connectivity index (χ0n) is 19.4. The maximum atomic E-state index is 13.6. The smallest absolute Gasteiger partial charge is 0.358 e. The number of aromatic nitrogens is 6. The largest absolute Gasteiger partial charge is 0.443 e. The van der Waals surface area contributed by atoms with E-state index in [1.54, 1.807) is 17.3 Å². The lowest BCUT2D eigenvalue weighted by Crippen LogP contribution is -2.54. The summed E-state index contributed by atoms with van der Waals surface area (Å²) in [5.41, 5.74) is 0.687. The molecule has 1 amide bonds. The zero-order chi connectivity index (χ0) is 24.7. The van der Waals surface area contributed by atoms with E-state index in [0.29, 0.717) is 59.7 Å². The van der Waals surface area contributed by atoms with Crippen molar-refractivity contribution in [2.24, 2.45) is 0 Å². The Bertz CT molecular complexity index is 1200. The molecule has 0 N–H and O–H groups in total. The van der Waals surface area contributed by atoms with Crippen LogP contribution < -0.4 is 4.90 Å². The number of alkyl halides is 3. The maximum absolute atomic E-state index is 13.6. The quantitative estimate of drug-likeness (QED) is 0.506. The van der Waals surface area contributed by atoms with Gasteiger partial charge in [0.1, 0.15) is 35.2 Å². The third-order valence-electron chi connectivity index (χ3n) is 6.17. The number of hydrogen-bond acceptors (Lipinski definition) is 8. The normalized spacial score (nSPS) is 18.8. The summed E-state index contributed by atoms with van der Waals surface area (Å²) in [6, 6.07) is -0.205. The average molecular weight is 507 g/mol. The zero-order valence-corrected chi connectivity index (χ0v) is 20.2. The lowest BCUT2D eigenvalue weighted by Gasteiger charge is -2.40. The number of rotatable bonds is 6. The summed E-state index contributed by atoms with van der Waals surface area (Å²) in [6.45, 7) is 5.06. The minimum Gasteiger partial charge on any atom is -0.358 e. The van der Waals surface area contributed by atoms with Crippen LogP contribution in [0.15, 0.2) is 18.7 Å².